The van der Waals surface area contributed by atoms with Crippen LogP contribution in [-0.4, -0.2) is 25.6 Å². The molecular weight excluding hydrogens is 242 g/mol. The third kappa shape index (κ3) is 2.61. The Labute approximate surface area is 112 Å². The highest BCUT2D eigenvalue weighted by Crippen LogP contribution is 2.31. The molecule has 1 aliphatic rings. The molecule has 0 spiro atoms. The summed E-state index contributed by atoms with van der Waals surface area (Å²) in [5, 5.41) is 9.33. The van der Waals surface area contributed by atoms with Crippen LogP contribution < -0.4 is 4.74 Å². The average Bonchev–Trinajstić information content (AvgIpc) is 2.86. The number of nitrogens with zero attached hydrogens (tertiary/aromatic N) is 1. The van der Waals surface area contributed by atoms with Gasteiger partial charge in [-0.2, -0.15) is 5.26 Å². The third-order valence-electron chi connectivity index (χ3n) is 3.53. The molecule has 0 aliphatic carbocycles. The number of ketones is 1. The van der Waals surface area contributed by atoms with Gasteiger partial charge in [0.05, 0.1) is 13.2 Å². The summed E-state index contributed by atoms with van der Waals surface area (Å²) >= 11 is 0. The van der Waals surface area contributed by atoms with E-state index in [-0.39, 0.29) is 11.7 Å². The van der Waals surface area contributed by atoms with E-state index >= 15 is 0 Å². The van der Waals surface area contributed by atoms with Crippen molar-refractivity contribution in [3.63, 3.8) is 0 Å². The van der Waals surface area contributed by atoms with Crippen LogP contribution >= 0.6 is 0 Å². The molecule has 1 saturated heterocycles. The molecule has 2 rings (SSSR count). The van der Waals surface area contributed by atoms with Gasteiger partial charge in [0.25, 0.3) is 0 Å². The summed E-state index contributed by atoms with van der Waals surface area (Å²) < 4.78 is 10.7. The van der Waals surface area contributed by atoms with Gasteiger partial charge in [-0.25, -0.2) is 0 Å². The van der Waals surface area contributed by atoms with Gasteiger partial charge in [0.15, 0.2) is 5.78 Å². The number of benzene rings is 1. The Hall–Kier alpha value is -1.86. The molecule has 0 N–H and O–H groups in total. The molecule has 0 saturated carbocycles. The van der Waals surface area contributed by atoms with Crippen LogP contribution in [0, 0.1) is 17.2 Å². The topological polar surface area (TPSA) is 59.3 Å². The molecule has 100 valence electrons. The van der Waals surface area contributed by atoms with E-state index in [0.29, 0.717) is 17.9 Å². The normalized spacial score (nSPS) is 23.6. The highest BCUT2D eigenvalue weighted by atomic mass is 16.5. The SMILES string of the molecule is COc1ccccc1C(C#N)C(=O)C1OCCC1C. The molecule has 1 aromatic carbocycles. The molecule has 4 nitrogen and oxygen atoms in total. The maximum atomic E-state index is 12.5. The van der Waals surface area contributed by atoms with E-state index in [1.165, 1.54) is 7.11 Å². The van der Waals surface area contributed by atoms with Crippen molar-refractivity contribution in [3.8, 4) is 11.8 Å². The van der Waals surface area contributed by atoms with E-state index in [2.05, 4.69) is 6.07 Å². The lowest BCUT2D eigenvalue weighted by Crippen LogP contribution is -2.30. The van der Waals surface area contributed by atoms with Crippen molar-refractivity contribution in [1.29, 1.82) is 5.26 Å². The fourth-order valence-corrected chi connectivity index (χ4v) is 2.41. The number of ether oxygens (including phenoxy) is 2. The van der Waals surface area contributed by atoms with Gasteiger partial charge in [-0.3, -0.25) is 4.79 Å². The first-order chi connectivity index (χ1) is 9.19. The van der Waals surface area contributed by atoms with Gasteiger partial charge in [0, 0.05) is 12.2 Å². The van der Waals surface area contributed by atoms with Crippen LogP contribution in [0.5, 0.6) is 5.75 Å². The molecule has 1 fully saturated rings. The molecule has 4 heteroatoms. The second-order valence-electron chi connectivity index (χ2n) is 4.76. The lowest BCUT2D eigenvalue weighted by atomic mass is 9.88. The number of methoxy groups -OCH3 is 1. The van der Waals surface area contributed by atoms with Crippen LogP contribution in [0.1, 0.15) is 24.8 Å². The Morgan fingerprint density at radius 2 is 2.26 bits per heavy atom. The third-order valence-corrected chi connectivity index (χ3v) is 3.53. The minimum atomic E-state index is -0.832. The summed E-state index contributed by atoms with van der Waals surface area (Å²) in [6.45, 7) is 2.56. The zero-order valence-electron chi connectivity index (χ0n) is 11.1. The first kappa shape index (κ1) is 13.6. The van der Waals surface area contributed by atoms with Gasteiger partial charge in [-0.05, 0) is 18.4 Å². The zero-order valence-corrected chi connectivity index (χ0v) is 11.1. The number of nitriles is 1. The number of hydrogen-bond donors (Lipinski definition) is 0. The molecule has 0 aromatic heterocycles. The first-order valence-corrected chi connectivity index (χ1v) is 6.37. The van der Waals surface area contributed by atoms with E-state index in [9.17, 15) is 10.1 Å². The van der Waals surface area contributed by atoms with Crippen LogP contribution in [0.2, 0.25) is 0 Å². The largest absolute Gasteiger partial charge is 0.496 e. The molecule has 19 heavy (non-hydrogen) atoms. The summed E-state index contributed by atoms with van der Waals surface area (Å²) in [6.07, 6.45) is 0.384. The second-order valence-corrected chi connectivity index (χ2v) is 4.76. The highest BCUT2D eigenvalue weighted by molar-refractivity contribution is 5.93. The predicted molar refractivity (Wildman–Crippen MR) is 69.9 cm³/mol. The minimum absolute atomic E-state index is 0.165. The standard InChI is InChI=1S/C15H17NO3/c1-10-7-8-19-15(10)14(17)12(9-16)11-5-3-4-6-13(11)18-2/h3-6,10,12,15H,7-8H2,1-2H3. The average molecular weight is 259 g/mol. The van der Waals surface area contributed by atoms with E-state index < -0.39 is 12.0 Å². The van der Waals surface area contributed by atoms with Gasteiger partial charge in [0.2, 0.25) is 0 Å². The molecular formula is C15H17NO3. The molecule has 0 amide bonds. The number of rotatable bonds is 4. The Morgan fingerprint density at radius 1 is 1.53 bits per heavy atom. The van der Waals surface area contributed by atoms with Crippen molar-refractivity contribution in [1.82, 2.24) is 0 Å². The molecule has 1 heterocycles. The van der Waals surface area contributed by atoms with E-state index in [1.807, 2.05) is 13.0 Å². The van der Waals surface area contributed by atoms with Gasteiger partial charge in [-0.1, -0.05) is 25.1 Å². The Morgan fingerprint density at radius 3 is 2.84 bits per heavy atom. The van der Waals surface area contributed by atoms with E-state index in [4.69, 9.17) is 9.47 Å². The lowest BCUT2D eigenvalue weighted by molar-refractivity contribution is -0.129. The number of hydrogen-bond acceptors (Lipinski definition) is 4. The Bertz CT molecular complexity index is 506. The predicted octanol–water partition coefficient (Wildman–Crippen LogP) is 2.30. The molecule has 0 bridgehead atoms. The monoisotopic (exact) mass is 259 g/mol. The van der Waals surface area contributed by atoms with Crippen LogP contribution in [0.4, 0.5) is 0 Å². The van der Waals surface area contributed by atoms with Crippen LogP contribution in [0.25, 0.3) is 0 Å². The zero-order chi connectivity index (χ0) is 13.8. The minimum Gasteiger partial charge on any atom is -0.496 e. The first-order valence-electron chi connectivity index (χ1n) is 6.37. The van der Waals surface area contributed by atoms with E-state index in [0.717, 1.165) is 6.42 Å². The number of carbonyl (C=O) groups is 1. The van der Waals surface area contributed by atoms with Gasteiger partial charge >= 0.3 is 0 Å². The Kier molecular flexibility index (Phi) is 4.18. The number of carbonyl (C=O) groups excluding carboxylic acids is 1. The second kappa shape index (κ2) is 5.85. The summed E-state index contributed by atoms with van der Waals surface area (Å²) in [7, 11) is 1.53. The van der Waals surface area contributed by atoms with Crippen molar-refractivity contribution in [2.75, 3.05) is 13.7 Å². The fraction of sp³-hybridized carbons (Fsp3) is 0.467. The van der Waals surface area contributed by atoms with Crippen LogP contribution in [0.15, 0.2) is 24.3 Å². The fourth-order valence-electron chi connectivity index (χ4n) is 2.41. The number of Topliss-reactive ketones (excluding diaryl/α,β-unsaturated/α-hetero) is 1. The molecule has 3 unspecified atom stereocenters. The maximum Gasteiger partial charge on any atom is 0.183 e. The lowest BCUT2D eigenvalue weighted by Gasteiger charge is -2.18. The van der Waals surface area contributed by atoms with Crippen molar-refractivity contribution in [2.24, 2.45) is 5.92 Å². The molecule has 0 radical (unpaired) electrons. The van der Waals surface area contributed by atoms with Crippen molar-refractivity contribution in [2.45, 2.75) is 25.4 Å². The van der Waals surface area contributed by atoms with Crippen molar-refractivity contribution >= 4 is 5.78 Å². The summed E-state index contributed by atoms with van der Waals surface area (Å²) in [6, 6.07) is 9.21. The quantitative estimate of drug-likeness (QED) is 0.832. The molecule has 1 aliphatic heterocycles. The highest BCUT2D eigenvalue weighted by Gasteiger charge is 2.36. The molecule has 3 atom stereocenters. The molecule has 1 aromatic rings. The van der Waals surface area contributed by atoms with Gasteiger partial charge in [0.1, 0.15) is 17.8 Å². The summed E-state index contributed by atoms with van der Waals surface area (Å²) in [4.78, 5) is 12.5. The smallest absolute Gasteiger partial charge is 0.183 e. The van der Waals surface area contributed by atoms with Gasteiger partial charge < -0.3 is 9.47 Å². The number of para-hydroxylation sites is 1. The van der Waals surface area contributed by atoms with Crippen LogP contribution in [0.3, 0.4) is 0 Å². The Balaban J connectivity index is 2.30. The van der Waals surface area contributed by atoms with E-state index in [1.54, 1.807) is 18.2 Å². The maximum absolute atomic E-state index is 12.5. The van der Waals surface area contributed by atoms with Crippen LogP contribution in [-0.2, 0) is 9.53 Å². The van der Waals surface area contributed by atoms with Gasteiger partial charge in [-0.15, -0.1) is 0 Å². The summed E-state index contributed by atoms with van der Waals surface area (Å²) in [5.41, 5.74) is 0.611. The van der Waals surface area contributed by atoms with Crippen molar-refractivity contribution in [3.05, 3.63) is 29.8 Å². The van der Waals surface area contributed by atoms with Crippen molar-refractivity contribution < 1.29 is 14.3 Å². The summed E-state index contributed by atoms with van der Waals surface area (Å²) in [5.74, 6) is -0.273.